The van der Waals surface area contributed by atoms with E-state index in [4.69, 9.17) is 14.7 Å². The summed E-state index contributed by atoms with van der Waals surface area (Å²) in [6, 6.07) is 4.15. The van der Waals surface area contributed by atoms with Gasteiger partial charge in [-0.2, -0.15) is 0 Å². The van der Waals surface area contributed by atoms with Crippen molar-refractivity contribution in [3.05, 3.63) is 35.8 Å². The Bertz CT molecular complexity index is 798. The zero-order chi connectivity index (χ0) is 20.0. The molecule has 0 saturated carbocycles. The Morgan fingerprint density at radius 3 is 2.72 bits per heavy atom. The number of hydrogen-bond acceptors (Lipinski definition) is 4. The molecule has 0 radical (unpaired) electrons. The van der Waals surface area contributed by atoms with Crippen LogP contribution in [0.15, 0.2) is 29.5 Å². The number of pyridine rings is 1. The number of ether oxygens (including phenoxy) is 1. The lowest BCUT2D eigenvalue weighted by molar-refractivity contribution is -0.00683. The second-order valence-electron chi connectivity index (χ2n) is 7.94. The number of hydrogen-bond donors (Lipinski definition) is 2. The van der Waals surface area contributed by atoms with E-state index in [0.29, 0.717) is 0 Å². The molecular formula is C21H35IN6O. The third-order valence-corrected chi connectivity index (χ3v) is 5.24. The van der Waals surface area contributed by atoms with Gasteiger partial charge in [0.15, 0.2) is 5.96 Å². The number of imidazole rings is 1. The lowest BCUT2D eigenvalue weighted by Gasteiger charge is -2.39. The van der Waals surface area contributed by atoms with Crippen LogP contribution in [-0.2, 0) is 11.2 Å². The number of halogens is 1. The highest BCUT2D eigenvalue weighted by atomic mass is 127. The number of nitrogens with zero attached hydrogens (tertiary/aromatic N) is 4. The summed E-state index contributed by atoms with van der Waals surface area (Å²) in [6.45, 7) is 14.6. The molecule has 1 saturated heterocycles. The zero-order valence-electron chi connectivity index (χ0n) is 18.1. The van der Waals surface area contributed by atoms with E-state index in [1.807, 2.05) is 6.20 Å². The first kappa shape index (κ1) is 23.9. The number of rotatable bonds is 7. The number of aryl methyl sites for hydroxylation is 1. The van der Waals surface area contributed by atoms with E-state index < -0.39 is 0 Å². The molecule has 8 heteroatoms. The highest BCUT2D eigenvalue weighted by Gasteiger charge is 2.28. The van der Waals surface area contributed by atoms with Crippen LogP contribution in [0.1, 0.15) is 32.0 Å². The predicted molar refractivity (Wildman–Crippen MR) is 130 cm³/mol. The summed E-state index contributed by atoms with van der Waals surface area (Å²) in [5.74, 6) is 0.865. The van der Waals surface area contributed by atoms with E-state index in [2.05, 4.69) is 66.0 Å². The predicted octanol–water partition coefficient (Wildman–Crippen LogP) is 2.47. The summed E-state index contributed by atoms with van der Waals surface area (Å²) in [6.07, 6.45) is 5.01. The van der Waals surface area contributed by atoms with Gasteiger partial charge in [0.05, 0.1) is 25.5 Å². The van der Waals surface area contributed by atoms with E-state index in [1.54, 1.807) is 0 Å². The number of nitrogens with one attached hydrogen (secondary N) is 2. The minimum atomic E-state index is 0. The summed E-state index contributed by atoms with van der Waals surface area (Å²) < 4.78 is 7.57. The molecule has 0 amide bonds. The zero-order valence-corrected chi connectivity index (χ0v) is 20.4. The van der Waals surface area contributed by atoms with Crippen molar-refractivity contribution in [2.45, 2.75) is 39.7 Å². The van der Waals surface area contributed by atoms with Crippen LogP contribution in [0, 0.1) is 6.92 Å². The summed E-state index contributed by atoms with van der Waals surface area (Å²) in [4.78, 5) is 12.0. The van der Waals surface area contributed by atoms with E-state index in [0.717, 1.165) is 69.7 Å². The van der Waals surface area contributed by atoms with E-state index >= 15 is 0 Å². The van der Waals surface area contributed by atoms with Gasteiger partial charge < -0.3 is 19.8 Å². The van der Waals surface area contributed by atoms with Crippen molar-refractivity contribution in [3.63, 3.8) is 0 Å². The van der Waals surface area contributed by atoms with Crippen LogP contribution in [0.2, 0.25) is 0 Å². The molecule has 7 nitrogen and oxygen atoms in total. The molecule has 0 unspecified atom stereocenters. The fourth-order valence-electron chi connectivity index (χ4n) is 3.52. The Labute approximate surface area is 191 Å². The topological polar surface area (TPSA) is 66.2 Å². The molecule has 3 heterocycles. The molecule has 1 aliphatic rings. The first-order valence-corrected chi connectivity index (χ1v) is 10.3. The van der Waals surface area contributed by atoms with Gasteiger partial charge in [-0.25, -0.2) is 4.98 Å². The van der Waals surface area contributed by atoms with Crippen molar-refractivity contribution < 1.29 is 4.74 Å². The average molecular weight is 514 g/mol. The van der Waals surface area contributed by atoms with Gasteiger partial charge in [-0.15, -0.1) is 24.0 Å². The van der Waals surface area contributed by atoms with Crippen LogP contribution < -0.4 is 10.6 Å². The minimum Gasteiger partial charge on any atom is -0.379 e. The third-order valence-electron chi connectivity index (χ3n) is 5.24. The van der Waals surface area contributed by atoms with Crippen LogP contribution in [0.25, 0.3) is 5.65 Å². The molecule has 1 aliphatic heterocycles. The van der Waals surface area contributed by atoms with Crippen LogP contribution in [-0.4, -0.2) is 71.7 Å². The van der Waals surface area contributed by atoms with Gasteiger partial charge in [0.1, 0.15) is 5.65 Å². The van der Waals surface area contributed by atoms with E-state index in [1.165, 1.54) is 5.56 Å². The molecule has 29 heavy (non-hydrogen) atoms. The number of aliphatic imine (C=N–C) groups is 1. The van der Waals surface area contributed by atoms with Crippen molar-refractivity contribution in [2.24, 2.45) is 4.99 Å². The van der Waals surface area contributed by atoms with E-state index in [-0.39, 0.29) is 29.5 Å². The lowest BCUT2D eigenvalue weighted by Crippen LogP contribution is -2.52. The molecule has 162 valence electrons. The molecule has 0 spiro atoms. The maximum atomic E-state index is 5.47. The smallest absolute Gasteiger partial charge is 0.191 e. The van der Waals surface area contributed by atoms with Crippen LogP contribution >= 0.6 is 24.0 Å². The van der Waals surface area contributed by atoms with Gasteiger partial charge >= 0.3 is 0 Å². The van der Waals surface area contributed by atoms with Crippen molar-refractivity contribution in [2.75, 3.05) is 45.9 Å². The van der Waals surface area contributed by atoms with Crippen molar-refractivity contribution in [1.29, 1.82) is 0 Å². The Hall–Kier alpha value is -1.39. The fraction of sp³-hybridized carbons (Fsp3) is 0.619. The summed E-state index contributed by atoms with van der Waals surface area (Å²) in [7, 11) is 0. The highest BCUT2D eigenvalue weighted by Crippen LogP contribution is 2.16. The monoisotopic (exact) mass is 514 g/mol. The third kappa shape index (κ3) is 6.55. The summed E-state index contributed by atoms with van der Waals surface area (Å²) >= 11 is 0. The van der Waals surface area contributed by atoms with Crippen LogP contribution in [0.5, 0.6) is 0 Å². The molecule has 0 aromatic carbocycles. The first-order valence-electron chi connectivity index (χ1n) is 10.3. The van der Waals surface area contributed by atoms with Crippen molar-refractivity contribution in [3.8, 4) is 0 Å². The SMILES string of the molecule is CCNC(=NCC(C)(C)N1CCOCC1)NCCc1cn2cccc(C)c2n1.I. The largest absolute Gasteiger partial charge is 0.379 e. The number of fused-ring (bicyclic) bond motifs is 1. The van der Waals surface area contributed by atoms with Crippen LogP contribution in [0.4, 0.5) is 0 Å². The molecule has 0 bridgehead atoms. The Morgan fingerprint density at radius 2 is 2.03 bits per heavy atom. The van der Waals surface area contributed by atoms with Gasteiger partial charge in [0.2, 0.25) is 0 Å². The maximum Gasteiger partial charge on any atom is 0.191 e. The Morgan fingerprint density at radius 1 is 1.28 bits per heavy atom. The van der Waals surface area contributed by atoms with Crippen molar-refractivity contribution in [1.82, 2.24) is 24.9 Å². The van der Waals surface area contributed by atoms with Gasteiger partial charge in [-0.3, -0.25) is 9.89 Å². The first-order chi connectivity index (χ1) is 13.5. The van der Waals surface area contributed by atoms with Gasteiger partial charge in [-0.1, -0.05) is 6.07 Å². The molecule has 1 fully saturated rings. The summed E-state index contributed by atoms with van der Waals surface area (Å²) in [5.41, 5.74) is 3.34. The van der Waals surface area contributed by atoms with Gasteiger partial charge in [-0.05, 0) is 39.3 Å². The number of guanidine groups is 1. The maximum absolute atomic E-state index is 5.47. The standard InChI is InChI=1S/C21H34N6O.HI/c1-5-22-20(24-16-21(3,4)27-11-13-28-14-12-27)23-9-8-18-15-26-10-6-7-17(2)19(26)25-18;/h6-7,10,15H,5,8-9,11-14,16H2,1-4H3,(H2,22,23,24);1H. The normalized spacial score (nSPS) is 15.9. The fourth-order valence-corrected chi connectivity index (χ4v) is 3.52. The van der Waals surface area contributed by atoms with Gasteiger partial charge in [0, 0.05) is 50.5 Å². The minimum absolute atomic E-state index is 0. The lowest BCUT2D eigenvalue weighted by atomic mass is 10.0. The quantitative estimate of drug-likeness (QED) is 0.338. The molecular weight excluding hydrogens is 479 g/mol. The second-order valence-corrected chi connectivity index (χ2v) is 7.94. The van der Waals surface area contributed by atoms with Crippen molar-refractivity contribution >= 4 is 35.6 Å². The molecule has 0 atom stereocenters. The molecule has 0 aliphatic carbocycles. The number of morpholine rings is 1. The molecule has 2 aromatic heterocycles. The van der Waals surface area contributed by atoms with E-state index in [9.17, 15) is 0 Å². The van der Waals surface area contributed by atoms with Gasteiger partial charge in [0.25, 0.3) is 0 Å². The molecule has 3 rings (SSSR count). The van der Waals surface area contributed by atoms with Crippen LogP contribution in [0.3, 0.4) is 0 Å². The molecule has 2 N–H and O–H groups in total. The average Bonchev–Trinajstić information content (AvgIpc) is 3.11. The molecule has 2 aromatic rings. The Kier molecular flexibility index (Phi) is 9.16. The summed E-state index contributed by atoms with van der Waals surface area (Å²) in [5, 5.41) is 6.80. The second kappa shape index (κ2) is 11.1. The Balaban J connectivity index is 0.00000300. The number of aromatic nitrogens is 2. The highest BCUT2D eigenvalue weighted by molar-refractivity contribution is 14.0.